The first-order chi connectivity index (χ1) is 19.0. The van der Waals surface area contributed by atoms with Gasteiger partial charge in [-0.05, 0) is 37.2 Å². The molecule has 5 aromatic rings. The summed E-state index contributed by atoms with van der Waals surface area (Å²) in [4.78, 5) is 24.6. The van der Waals surface area contributed by atoms with Crippen LogP contribution in [0.5, 0.6) is 16.7 Å². The molecule has 0 bridgehead atoms. The molecule has 0 aliphatic carbocycles. The van der Waals surface area contributed by atoms with Gasteiger partial charge < -0.3 is 28.3 Å². The smallest absolute Gasteiger partial charge is 0.350 e. The number of anilines is 1. The topological polar surface area (TPSA) is 113 Å². The summed E-state index contributed by atoms with van der Waals surface area (Å²) in [6.45, 7) is 4.35. The summed E-state index contributed by atoms with van der Waals surface area (Å²) in [7, 11) is 3.20. The SMILES string of the molecule is CCOC(=O)c1cnc(N2CCCC(COc3cc(OC)cc4oc(-c5cn6nc(OC)sc6n5)cc34)C2)s1. The fourth-order valence-electron chi connectivity index (χ4n) is 4.62. The van der Waals surface area contributed by atoms with Crippen molar-refractivity contribution in [2.45, 2.75) is 19.8 Å². The van der Waals surface area contributed by atoms with Crippen LogP contribution in [0.15, 0.2) is 35.0 Å². The highest BCUT2D eigenvalue weighted by atomic mass is 32.1. The number of hydrogen-bond donors (Lipinski definition) is 0. The molecule has 13 heteroatoms. The van der Waals surface area contributed by atoms with Gasteiger partial charge in [0.2, 0.25) is 4.96 Å². The number of furan rings is 1. The van der Waals surface area contributed by atoms with Gasteiger partial charge in [0.15, 0.2) is 10.9 Å². The van der Waals surface area contributed by atoms with Gasteiger partial charge in [-0.2, -0.15) is 0 Å². The highest BCUT2D eigenvalue weighted by Crippen LogP contribution is 2.38. The van der Waals surface area contributed by atoms with Gasteiger partial charge in [-0.25, -0.2) is 19.3 Å². The number of nitrogens with zero attached hydrogens (tertiary/aromatic N) is 5. The molecule has 0 spiro atoms. The van der Waals surface area contributed by atoms with Gasteiger partial charge in [-0.15, -0.1) is 5.10 Å². The molecular formula is C26H27N5O6S2. The second-order valence-electron chi connectivity index (χ2n) is 9.07. The summed E-state index contributed by atoms with van der Waals surface area (Å²) < 4.78 is 30.0. The van der Waals surface area contributed by atoms with E-state index in [0.29, 0.717) is 62.7 Å². The highest BCUT2D eigenvalue weighted by molar-refractivity contribution is 7.18. The summed E-state index contributed by atoms with van der Waals surface area (Å²) in [6.07, 6.45) is 5.46. The van der Waals surface area contributed by atoms with Crippen LogP contribution in [0, 0.1) is 5.92 Å². The minimum atomic E-state index is -0.328. The molecule has 1 unspecified atom stereocenters. The third-order valence-corrected chi connectivity index (χ3v) is 8.42. The lowest BCUT2D eigenvalue weighted by atomic mass is 9.99. The van der Waals surface area contributed by atoms with E-state index in [0.717, 1.165) is 36.4 Å². The fraction of sp³-hybridized carbons (Fsp3) is 0.385. The molecule has 1 saturated heterocycles. The number of hydrogen-bond acceptors (Lipinski definition) is 12. The highest BCUT2D eigenvalue weighted by Gasteiger charge is 2.25. The predicted molar refractivity (Wildman–Crippen MR) is 148 cm³/mol. The summed E-state index contributed by atoms with van der Waals surface area (Å²) in [5, 5.41) is 6.56. The molecular weight excluding hydrogens is 542 g/mol. The van der Waals surface area contributed by atoms with E-state index in [1.165, 1.54) is 22.7 Å². The number of esters is 1. The zero-order chi connectivity index (χ0) is 26.9. The third-order valence-electron chi connectivity index (χ3n) is 6.49. The average Bonchev–Trinajstić information content (AvgIpc) is 3.74. The van der Waals surface area contributed by atoms with E-state index in [9.17, 15) is 4.79 Å². The average molecular weight is 570 g/mol. The number of piperidine rings is 1. The molecule has 4 aromatic heterocycles. The van der Waals surface area contributed by atoms with Crippen molar-refractivity contribution in [2.75, 3.05) is 45.4 Å². The number of carbonyl (C=O) groups is 1. The standard InChI is InChI=1S/C26H27N5O6S2/c1-4-35-23(32)22-11-27-24(38-22)30-7-5-6-15(12-30)14-36-19-8-16(33-2)9-20-17(19)10-21(37-20)18-13-31-25(28-18)39-26(29-31)34-3/h8-11,13,15H,4-7,12,14H2,1-3H3. The Balaban J connectivity index is 1.19. The fourth-order valence-corrected chi connectivity index (χ4v) is 6.16. The molecule has 0 saturated carbocycles. The van der Waals surface area contributed by atoms with Crippen LogP contribution in [0.2, 0.25) is 0 Å². The molecule has 11 nitrogen and oxygen atoms in total. The second-order valence-corrected chi connectivity index (χ2v) is 11.0. The van der Waals surface area contributed by atoms with Crippen LogP contribution in [0.25, 0.3) is 27.4 Å². The first kappa shape index (κ1) is 25.4. The molecule has 1 aliphatic rings. The number of imidazole rings is 1. The Labute approximate surface area is 231 Å². The molecule has 1 aliphatic heterocycles. The van der Waals surface area contributed by atoms with Crippen molar-refractivity contribution in [1.29, 1.82) is 0 Å². The van der Waals surface area contributed by atoms with Gasteiger partial charge in [-0.3, -0.25) is 0 Å². The van der Waals surface area contributed by atoms with Crippen LogP contribution >= 0.6 is 22.7 Å². The molecule has 39 heavy (non-hydrogen) atoms. The number of thiazole rings is 1. The van der Waals surface area contributed by atoms with Crippen molar-refractivity contribution in [3.63, 3.8) is 0 Å². The zero-order valence-corrected chi connectivity index (χ0v) is 23.3. The van der Waals surface area contributed by atoms with E-state index in [4.69, 9.17) is 23.4 Å². The number of fused-ring (bicyclic) bond motifs is 2. The van der Waals surface area contributed by atoms with Crippen molar-refractivity contribution < 1.29 is 28.2 Å². The Morgan fingerprint density at radius 2 is 2.10 bits per heavy atom. The van der Waals surface area contributed by atoms with Gasteiger partial charge in [-0.1, -0.05) is 11.3 Å². The zero-order valence-electron chi connectivity index (χ0n) is 21.7. The Hall–Kier alpha value is -3.84. The minimum absolute atomic E-state index is 0.294. The van der Waals surface area contributed by atoms with Crippen LogP contribution in [0.3, 0.4) is 0 Å². The molecule has 1 aromatic carbocycles. The summed E-state index contributed by atoms with van der Waals surface area (Å²) in [5.41, 5.74) is 1.33. The molecule has 0 N–H and O–H groups in total. The van der Waals surface area contributed by atoms with E-state index in [2.05, 4.69) is 20.0 Å². The lowest BCUT2D eigenvalue weighted by molar-refractivity contribution is 0.0532. The van der Waals surface area contributed by atoms with Gasteiger partial charge in [0.25, 0.3) is 5.19 Å². The van der Waals surface area contributed by atoms with Gasteiger partial charge in [0.05, 0.1) is 45.2 Å². The van der Waals surface area contributed by atoms with Crippen molar-refractivity contribution in [3.05, 3.63) is 35.5 Å². The maximum absolute atomic E-state index is 12.1. The predicted octanol–water partition coefficient (Wildman–Crippen LogP) is 5.15. The molecule has 6 rings (SSSR count). The lowest BCUT2D eigenvalue weighted by Crippen LogP contribution is -2.37. The van der Waals surface area contributed by atoms with Crippen molar-refractivity contribution in [2.24, 2.45) is 5.92 Å². The van der Waals surface area contributed by atoms with Crippen LogP contribution in [0.1, 0.15) is 29.4 Å². The Bertz CT molecular complexity index is 1590. The monoisotopic (exact) mass is 569 g/mol. The number of aromatic nitrogens is 4. The molecule has 204 valence electrons. The van der Waals surface area contributed by atoms with Crippen molar-refractivity contribution >= 4 is 49.7 Å². The summed E-state index contributed by atoms with van der Waals surface area (Å²) in [6, 6.07) is 5.66. The lowest BCUT2D eigenvalue weighted by Gasteiger charge is -2.32. The Morgan fingerprint density at radius 3 is 2.90 bits per heavy atom. The van der Waals surface area contributed by atoms with Gasteiger partial charge >= 0.3 is 5.97 Å². The van der Waals surface area contributed by atoms with Gasteiger partial charge in [0.1, 0.15) is 27.7 Å². The maximum atomic E-state index is 12.1. The molecule has 0 radical (unpaired) electrons. The minimum Gasteiger partial charge on any atom is -0.496 e. The third kappa shape index (κ3) is 5.11. The molecule has 1 atom stereocenters. The van der Waals surface area contributed by atoms with Crippen LogP contribution in [0.4, 0.5) is 5.13 Å². The maximum Gasteiger partial charge on any atom is 0.350 e. The quantitative estimate of drug-likeness (QED) is 0.221. The van der Waals surface area contributed by atoms with E-state index in [1.54, 1.807) is 31.9 Å². The van der Waals surface area contributed by atoms with Crippen molar-refractivity contribution in [1.82, 2.24) is 19.6 Å². The number of methoxy groups -OCH3 is 2. The van der Waals surface area contributed by atoms with E-state index < -0.39 is 0 Å². The van der Waals surface area contributed by atoms with Crippen molar-refractivity contribution in [3.8, 4) is 28.1 Å². The van der Waals surface area contributed by atoms with Gasteiger partial charge in [0, 0.05) is 31.1 Å². The van der Waals surface area contributed by atoms with E-state index in [-0.39, 0.29) is 5.97 Å². The number of rotatable bonds is 9. The second kappa shape index (κ2) is 10.7. The normalized spacial score (nSPS) is 15.7. The first-order valence-corrected chi connectivity index (χ1v) is 14.2. The Morgan fingerprint density at radius 1 is 1.21 bits per heavy atom. The molecule has 5 heterocycles. The molecule has 1 fully saturated rings. The molecule has 0 amide bonds. The van der Waals surface area contributed by atoms with E-state index >= 15 is 0 Å². The van der Waals surface area contributed by atoms with Crippen LogP contribution in [-0.4, -0.2) is 66.1 Å². The number of ether oxygens (including phenoxy) is 4. The van der Waals surface area contributed by atoms with E-state index in [1.807, 2.05) is 24.4 Å². The largest absolute Gasteiger partial charge is 0.496 e. The van der Waals surface area contributed by atoms with Crippen LogP contribution < -0.4 is 19.1 Å². The summed E-state index contributed by atoms with van der Waals surface area (Å²) in [5.74, 6) is 1.92. The van der Waals surface area contributed by atoms with Crippen LogP contribution in [-0.2, 0) is 4.74 Å². The Kier molecular flexibility index (Phi) is 7.00. The number of carbonyl (C=O) groups excluding carboxylic acids is 1. The summed E-state index contributed by atoms with van der Waals surface area (Å²) >= 11 is 2.73. The first-order valence-electron chi connectivity index (χ1n) is 12.6. The number of benzene rings is 1.